The molecule has 3 N–H and O–H groups in total. The van der Waals surface area contributed by atoms with Crippen LogP contribution in [0, 0.1) is 5.92 Å². The summed E-state index contributed by atoms with van der Waals surface area (Å²) < 4.78 is 0.979. The van der Waals surface area contributed by atoms with Crippen LogP contribution in [0.25, 0.3) is 10.9 Å². The van der Waals surface area contributed by atoms with Gasteiger partial charge in [0.2, 0.25) is 17.8 Å². The van der Waals surface area contributed by atoms with Crippen molar-refractivity contribution >= 4 is 50.4 Å². The molecule has 37 heavy (non-hydrogen) atoms. The van der Waals surface area contributed by atoms with Gasteiger partial charge in [-0.15, -0.1) is 0 Å². The largest absolute Gasteiger partial charge is 0.362 e. The number of rotatable bonds is 9. The van der Waals surface area contributed by atoms with Gasteiger partial charge in [-0.2, -0.15) is 4.98 Å². The summed E-state index contributed by atoms with van der Waals surface area (Å²) in [6, 6.07) is 15.6. The van der Waals surface area contributed by atoms with Crippen LogP contribution in [0.5, 0.6) is 0 Å². The summed E-state index contributed by atoms with van der Waals surface area (Å²) in [5.41, 5.74) is 1.92. The monoisotopic (exact) mass is 566 g/mol. The molecule has 0 bridgehead atoms. The summed E-state index contributed by atoms with van der Waals surface area (Å²) in [6.07, 6.45) is 4.44. The minimum absolute atomic E-state index is 0.140. The van der Waals surface area contributed by atoms with Gasteiger partial charge in [0.05, 0.1) is 5.52 Å². The van der Waals surface area contributed by atoms with E-state index in [9.17, 15) is 9.59 Å². The molecule has 1 aliphatic carbocycles. The molecule has 1 atom stereocenters. The smallest absolute Gasteiger partial charge is 0.242 e. The van der Waals surface area contributed by atoms with Crippen LogP contribution in [-0.2, 0) is 16.0 Å². The minimum Gasteiger partial charge on any atom is -0.362 e. The summed E-state index contributed by atoms with van der Waals surface area (Å²) in [7, 11) is 3.99. The third-order valence-electron chi connectivity index (χ3n) is 6.80. The number of aromatic nitrogens is 2. The lowest BCUT2D eigenvalue weighted by atomic mass is 9.86. The van der Waals surface area contributed by atoms with Gasteiger partial charge in [-0.1, -0.05) is 40.2 Å². The van der Waals surface area contributed by atoms with E-state index in [1.807, 2.05) is 67.5 Å². The Labute approximate surface area is 226 Å². The molecule has 0 saturated heterocycles. The van der Waals surface area contributed by atoms with Gasteiger partial charge in [0, 0.05) is 49.9 Å². The zero-order chi connectivity index (χ0) is 26.4. The van der Waals surface area contributed by atoms with E-state index in [2.05, 4.69) is 31.9 Å². The average molecular weight is 568 g/mol. The molecule has 196 valence electrons. The van der Waals surface area contributed by atoms with Gasteiger partial charge in [-0.05, 0) is 61.4 Å². The minimum atomic E-state index is -0.590. The number of nitrogens with zero attached hydrogens (tertiary/aromatic N) is 3. The number of hydrogen-bond acceptors (Lipinski definition) is 6. The third-order valence-corrected chi connectivity index (χ3v) is 7.33. The van der Waals surface area contributed by atoms with Gasteiger partial charge in [0.25, 0.3) is 0 Å². The van der Waals surface area contributed by atoms with Gasteiger partial charge in [-0.3, -0.25) is 9.59 Å². The number of fused-ring (bicyclic) bond motifs is 1. The predicted octanol–water partition coefficient (Wildman–Crippen LogP) is 4.29. The fourth-order valence-corrected chi connectivity index (χ4v) is 5.10. The lowest BCUT2D eigenvalue weighted by Gasteiger charge is -2.30. The van der Waals surface area contributed by atoms with Gasteiger partial charge in [0.1, 0.15) is 11.9 Å². The Morgan fingerprint density at radius 3 is 2.41 bits per heavy atom. The molecule has 3 aromatic rings. The maximum absolute atomic E-state index is 12.9. The molecule has 1 saturated carbocycles. The molecule has 8 nitrogen and oxygen atoms in total. The van der Waals surface area contributed by atoms with Gasteiger partial charge >= 0.3 is 0 Å². The molecule has 9 heteroatoms. The van der Waals surface area contributed by atoms with E-state index in [4.69, 9.17) is 9.97 Å². The van der Waals surface area contributed by atoms with E-state index < -0.39 is 6.04 Å². The van der Waals surface area contributed by atoms with E-state index in [1.54, 1.807) is 0 Å². The van der Waals surface area contributed by atoms with Crippen molar-refractivity contribution in [2.24, 2.45) is 5.92 Å². The molecule has 1 aliphatic rings. The Morgan fingerprint density at radius 1 is 1.03 bits per heavy atom. The number of benzene rings is 2. The molecule has 2 aromatic carbocycles. The molecule has 0 spiro atoms. The van der Waals surface area contributed by atoms with E-state index in [0.717, 1.165) is 52.4 Å². The topological polar surface area (TPSA) is 99.2 Å². The van der Waals surface area contributed by atoms with E-state index in [0.29, 0.717) is 30.9 Å². The Morgan fingerprint density at radius 2 is 1.73 bits per heavy atom. The SMILES string of the molecule is CC(=O)NC(Cc1ccc(Br)cc1)C(=O)NC[C@H]1CC[C@@H](Nc2nc(N(C)C)c3ccccc3n2)CC1. The fraction of sp³-hybridized carbons (Fsp3) is 0.429. The maximum Gasteiger partial charge on any atom is 0.242 e. The quantitative estimate of drug-likeness (QED) is 0.357. The normalized spacial score (nSPS) is 18.2. The first-order chi connectivity index (χ1) is 17.8. The van der Waals surface area contributed by atoms with Gasteiger partial charge < -0.3 is 20.9 Å². The number of halogens is 1. The Hall–Kier alpha value is -3.20. The summed E-state index contributed by atoms with van der Waals surface area (Å²) in [6.45, 7) is 2.05. The van der Waals surface area contributed by atoms with Crippen LogP contribution in [0.2, 0.25) is 0 Å². The number of carbonyl (C=O) groups excluding carboxylic acids is 2. The fourth-order valence-electron chi connectivity index (χ4n) is 4.84. The number of hydrogen-bond donors (Lipinski definition) is 3. The number of carbonyl (C=O) groups is 2. The molecule has 2 amide bonds. The molecule has 1 aromatic heterocycles. The molecule has 0 aliphatic heterocycles. The first-order valence-electron chi connectivity index (χ1n) is 12.8. The van der Waals surface area contributed by atoms with Crippen molar-refractivity contribution in [1.29, 1.82) is 0 Å². The highest BCUT2D eigenvalue weighted by Gasteiger charge is 2.25. The lowest BCUT2D eigenvalue weighted by Crippen LogP contribution is -2.48. The van der Waals surface area contributed by atoms with Crippen LogP contribution in [0.4, 0.5) is 11.8 Å². The summed E-state index contributed by atoms with van der Waals surface area (Å²) in [5, 5.41) is 10.5. The van der Waals surface area contributed by atoms with Crippen molar-refractivity contribution in [3.8, 4) is 0 Å². The van der Waals surface area contributed by atoms with E-state index in [1.165, 1.54) is 6.92 Å². The first-order valence-corrected chi connectivity index (χ1v) is 13.6. The van der Waals surface area contributed by atoms with Crippen LogP contribution in [0.15, 0.2) is 53.0 Å². The highest BCUT2D eigenvalue weighted by atomic mass is 79.9. The Balaban J connectivity index is 1.29. The second kappa shape index (κ2) is 12.4. The molecule has 4 rings (SSSR count). The number of amides is 2. The van der Waals surface area contributed by atoms with E-state index >= 15 is 0 Å². The van der Waals surface area contributed by atoms with Crippen LogP contribution < -0.4 is 20.9 Å². The third kappa shape index (κ3) is 7.41. The highest BCUT2D eigenvalue weighted by Crippen LogP contribution is 2.28. The van der Waals surface area contributed by atoms with E-state index in [-0.39, 0.29) is 11.8 Å². The standard InChI is InChI=1S/C28H35BrN6O2/c1-18(36)31-25(16-19-8-12-21(29)13-9-19)27(37)30-17-20-10-14-22(15-11-20)32-28-33-24-7-5-4-6-23(24)26(34-28)35(2)3/h4-9,12-13,20,22,25H,10-11,14-17H2,1-3H3,(H,30,37)(H,31,36)(H,32,33,34)/t20-,22+,25?. The summed E-state index contributed by atoms with van der Waals surface area (Å²) in [5.74, 6) is 1.62. The summed E-state index contributed by atoms with van der Waals surface area (Å²) in [4.78, 5) is 36.1. The van der Waals surface area contributed by atoms with Crippen molar-refractivity contribution in [3.05, 3.63) is 58.6 Å². The van der Waals surface area contributed by atoms with Crippen molar-refractivity contribution in [1.82, 2.24) is 20.6 Å². The second-order valence-electron chi connectivity index (χ2n) is 9.97. The van der Waals surface area contributed by atoms with Crippen LogP contribution in [0.1, 0.15) is 38.2 Å². The van der Waals surface area contributed by atoms with Crippen molar-refractivity contribution in [2.75, 3.05) is 30.9 Å². The molecular formula is C28H35BrN6O2. The van der Waals surface area contributed by atoms with Crippen LogP contribution in [-0.4, -0.2) is 54.5 Å². The Bertz CT molecular complexity index is 1230. The molecule has 1 heterocycles. The average Bonchev–Trinajstić information content (AvgIpc) is 2.88. The highest BCUT2D eigenvalue weighted by molar-refractivity contribution is 9.10. The first kappa shape index (κ1) is 26.9. The van der Waals surface area contributed by atoms with Crippen molar-refractivity contribution < 1.29 is 9.59 Å². The zero-order valence-electron chi connectivity index (χ0n) is 21.6. The lowest BCUT2D eigenvalue weighted by molar-refractivity contribution is -0.128. The summed E-state index contributed by atoms with van der Waals surface area (Å²) >= 11 is 3.43. The van der Waals surface area contributed by atoms with Crippen molar-refractivity contribution in [3.63, 3.8) is 0 Å². The predicted molar refractivity (Wildman–Crippen MR) is 152 cm³/mol. The molecule has 1 fully saturated rings. The molecular weight excluding hydrogens is 532 g/mol. The van der Waals surface area contributed by atoms with Gasteiger partial charge in [0.15, 0.2) is 0 Å². The number of anilines is 2. The number of nitrogens with one attached hydrogen (secondary N) is 3. The molecule has 1 unspecified atom stereocenters. The van der Waals surface area contributed by atoms with Crippen LogP contribution in [0.3, 0.4) is 0 Å². The van der Waals surface area contributed by atoms with Crippen LogP contribution >= 0.6 is 15.9 Å². The molecule has 0 radical (unpaired) electrons. The Kier molecular flexibility index (Phi) is 8.97. The second-order valence-corrected chi connectivity index (χ2v) is 10.9. The zero-order valence-corrected chi connectivity index (χ0v) is 23.2. The van der Waals surface area contributed by atoms with Crippen molar-refractivity contribution in [2.45, 2.75) is 51.1 Å². The number of para-hydroxylation sites is 1. The maximum atomic E-state index is 12.9. The van der Waals surface area contributed by atoms with Gasteiger partial charge in [-0.25, -0.2) is 4.98 Å².